The molecule has 2 rings (SSSR count). The topological polar surface area (TPSA) is 15.3 Å². The Hall–Kier alpha value is -0.500. The van der Waals surface area contributed by atoms with E-state index in [4.69, 9.17) is 0 Å². The van der Waals surface area contributed by atoms with E-state index in [0.717, 1.165) is 0 Å². The molecule has 2 nitrogen and oxygen atoms in total. The van der Waals surface area contributed by atoms with Crippen molar-refractivity contribution in [3.8, 4) is 0 Å². The van der Waals surface area contributed by atoms with Gasteiger partial charge in [-0.2, -0.15) is 0 Å². The van der Waals surface area contributed by atoms with Crippen molar-refractivity contribution in [3.63, 3.8) is 0 Å². The Bertz CT molecular complexity index is 225. The molecule has 0 aromatic heterocycles. The second kappa shape index (κ2) is 7.75. The molecule has 2 heteroatoms. The van der Waals surface area contributed by atoms with Crippen LogP contribution in [0.4, 0.5) is 0 Å². The Morgan fingerprint density at radius 3 is 2.53 bits per heavy atom. The molecule has 0 bridgehead atoms. The Morgan fingerprint density at radius 2 is 1.65 bits per heavy atom. The molecule has 1 saturated heterocycles. The van der Waals surface area contributed by atoms with Gasteiger partial charge in [-0.3, -0.25) is 5.32 Å². The van der Waals surface area contributed by atoms with Gasteiger partial charge in [0.05, 0.1) is 6.17 Å². The van der Waals surface area contributed by atoms with Gasteiger partial charge < -0.3 is 4.90 Å². The Kier molecular flexibility index (Phi) is 5.90. The van der Waals surface area contributed by atoms with E-state index in [0.29, 0.717) is 6.17 Å². The monoisotopic (exact) mass is 236 g/mol. The van der Waals surface area contributed by atoms with E-state index in [2.05, 4.69) is 22.5 Å². The summed E-state index contributed by atoms with van der Waals surface area (Å²) in [4.78, 5) is 2.53. The van der Waals surface area contributed by atoms with E-state index in [1.54, 1.807) is 0 Å². The van der Waals surface area contributed by atoms with E-state index in [1.165, 1.54) is 77.3 Å². The van der Waals surface area contributed by atoms with Crippen molar-refractivity contribution >= 4 is 0 Å². The third-order valence-electron chi connectivity index (χ3n) is 4.02. The average molecular weight is 236 g/mol. The van der Waals surface area contributed by atoms with Crippen LogP contribution in [-0.2, 0) is 0 Å². The van der Waals surface area contributed by atoms with Gasteiger partial charge in [0.1, 0.15) is 0 Å². The summed E-state index contributed by atoms with van der Waals surface area (Å²) in [5.41, 5.74) is 0. The smallest absolute Gasteiger partial charge is 0.0790 e. The van der Waals surface area contributed by atoms with Crippen molar-refractivity contribution in [2.24, 2.45) is 0 Å². The largest absolute Gasteiger partial charge is 0.362 e. The van der Waals surface area contributed by atoms with Crippen LogP contribution in [0.5, 0.6) is 0 Å². The normalized spacial score (nSPS) is 28.7. The summed E-state index contributed by atoms with van der Waals surface area (Å²) < 4.78 is 0. The molecule has 0 radical (unpaired) electrons. The molecule has 2 aliphatic heterocycles. The molecule has 98 valence electrons. The standard InChI is InChI=1S/C15H28N2/c1-2-4-6-8-11-15-16-12-10-14-17(15)13-9-7-5-3-1/h9,13,15-16H,1-8,10-12,14H2. The molecule has 1 fully saturated rings. The molecule has 1 atom stereocenters. The van der Waals surface area contributed by atoms with Crippen LogP contribution in [0.3, 0.4) is 0 Å². The first kappa shape index (κ1) is 12.9. The molecule has 0 saturated carbocycles. The summed E-state index contributed by atoms with van der Waals surface area (Å²) in [6.07, 6.45) is 19.2. The first-order chi connectivity index (χ1) is 8.47. The number of nitrogens with one attached hydrogen (secondary N) is 1. The Balaban J connectivity index is 1.85. The van der Waals surface area contributed by atoms with Crippen LogP contribution in [0.2, 0.25) is 0 Å². The molecule has 0 aromatic rings. The predicted octanol–water partition coefficient (Wildman–Crippen LogP) is 3.65. The molecule has 2 aliphatic rings. The average Bonchev–Trinajstić information content (AvgIpc) is 2.38. The van der Waals surface area contributed by atoms with Gasteiger partial charge in [-0.05, 0) is 38.4 Å². The molecule has 0 aromatic carbocycles. The maximum Gasteiger partial charge on any atom is 0.0790 e. The van der Waals surface area contributed by atoms with Gasteiger partial charge >= 0.3 is 0 Å². The second-order valence-corrected chi connectivity index (χ2v) is 5.50. The van der Waals surface area contributed by atoms with Crippen molar-refractivity contribution in [3.05, 3.63) is 12.3 Å². The van der Waals surface area contributed by atoms with Crippen molar-refractivity contribution in [2.75, 3.05) is 13.1 Å². The Morgan fingerprint density at radius 1 is 0.882 bits per heavy atom. The lowest BCUT2D eigenvalue weighted by Gasteiger charge is -2.36. The summed E-state index contributed by atoms with van der Waals surface area (Å²) >= 11 is 0. The summed E-state index contributed by atoms with van der Waals surface area (Å²) in [6, 6.07) is 0. The Labute approximate surface area is 106 Å². The van der Waals surface area contributed by atoms with E-state index in [-0.39, 0.29) is 0 Å². The third-order valence-corrected chi connectivity index (χ3v) is 4.02. The number of rotatable bonds is 0. The maximum absolute atomic E-state index is 3.66. The van der Waals surface area contributed by atoms with Crippen LogP contribution in [0.25, 0.3) is 0 Å². The van der Waals surface area contributed by atoms with Gasteiger partial charge in [0, 0.05) is 6.54 Å². The lowest BCUT2D eigenvalue weighted by atomic mass is 10.1. The highest BCUT2D eigenvalue weighted by atomic mass is 15.3. The summed E-state index contributed by atoms with van der Waals surface area (Å²) in [5.74, 6) is 0. The molecule has 17 heavy (non-hydrogen) atoms. The lowest BCUT2D eigenvalue weighted by Crippen LogP contribution is -2.48. The first-order valence-electron chi connectivity index (χ1n) is 7.62. The molecule has 1 unspecified atom stereocenters. The quantitative estimate of drug-likeness (QED) is 0.690. The fourth-order valence-electron chi connectivity index (χ4n) is 2.94. The van der Waals surface area contributed by atoms with Crippen LogP contribution >= 0.6 is 0 Å². The van der Waals surface area contributed by atoms with Gasteiger partial charge in [-0.15, -0.1) is 0 Å². The lowest BCUT2D eigenvalue weighted by molar-refractivity contribution is 0.177. The number of fused-ring (bicyclic) bond motifs is 1. The zero-order valence-corrected chi connectivity index (χ0v) is 11.2. The molecule has 2 heterocycles. The summed E-state index contributed by atoms with van der Waals surface area (Å²) in [5, 5.41) is 3.66. The fourth-order valence-corrected chi connectivity index (χ4v) is 2.94. The highest BCUT2D eigenvalue weighted by Crippen LogP contribution is 2.16. The van der Waals surface area contributed by atoms with E-state index >= 15 is 0 Å². The molecular formula is C15H28N2. The predicted molar refractivity (Wildman–Crippen MR) is 73.8 cm³/mol. The highest BCUT2D eigenvalue weighted by Gasteiger charge is 2.17. The minimum atomic E-state index is 0.612. The molecule has 0 aliphatic carbocycles. The molecular weight excluding hydrogens is 208 g/mol. The number of hydrogen-bond acceptors (Lipinski definition) is 2. The van der Waals surface area contributed by atoms with Gasteiger partial charge in [0.25, 0.3) is 0 Å². The molecule has 0 spiro atoms. The maximum atomic E-state index is 3.66. The van der Waals surface area contributed by atoms with Gasteiger partial charge in [0.15, 0.2) is 0 Å². The van der Waals surface area contributed by atoms with Crippen LogP contribution in [0.15, 0.2) is 12.3 Å². The van der Waals surface area contributed by atoms with E-state index in [9.17, 15) is 0 Å². The van der Waals surface area contributed by atoms with Crippen molar-refractivity contribution in [1.82, 2.24) is 10.2 Å². The fraction of sp³-hybridized carbons (Fsp3) is 0.867. The van der Waals surface area contributed by atoms with Crippen molar-refractivity contribution in [2.45, 2.75) is 70.4 Å². The van der Waals surface area contributed by atoms with E-state index < -0.39 is 0 Å². The number of allylic oxidation sites excluding steroid dienone is 1. The molecule has 1 N–H and O–H groups in total. The number of hydrogen-bond donors (Lipinski definition) is 1. The van der Waals surface area contributed by atoms with Gasteiger partial charge in [0.2, 0.25) is 0 Å². The SMILES string of the molecule is C1=CN2CCCNC2CCCCCCCCC1. The zero-order chi connectivity index (χ0) is 11.8. The van der Waals surface area contributed by atoms with Crippen molar-refractivity contribution in [1.29, 1.82) is 0 Å². The van der Waals surface area contributed by atoms with Gasteiger partial charge in [-0.1, -0.05) is 44.6 Å². The first-order valence-corrected chi connectivity index (χ1v) is 7.62. The molecule has 0 amide bonds. The summed E-state index contributed by atoms with van der Waals surface area (Å²) in [6.45, 7) is 2.45. The van der Waals surface area contributed by atoms with Crippen LogP contribution in [0.1, 0.15) is 64.2 Å². The highest BCUT2D eigenvalue weighted by molar-refractivity contribution is 4.88. The number of nitrogens with zero attached hydrogens (tertiary/aromatic N) is 1. The zero-order valence-electron chi connectivity index (χ0n) is 11.2. The van der Waals surface area contributed by atoms with Crippen LogP contribution < -0.4 is 5.32 Å². The second-order valence-electron chi connectivity index (χ2n) is 5.50. The van der Waals surface area contributed by atoms with Crippen molar-refractivity contribution < 1.29 is 0 Å². The summed E-state index contributed by atoms with van der Waals surface area (Å²) in [7, 11) is 0. The van der Waals surface area contributed by atoms with Crippen LogP contribution in [-0.4, -0.2) is 24.2 Å². The van der Waals surface area contributed by atoms with Gasteiger partial charge in [-0.25, -0.2) is 0 Å². The minimum absolute atomic E-state index is 0.612. The minimum Gasteiger partial charge on any atom is -0.362 e. The van der Waals surface area contributed by atoms with E-state index in [1.807, 2.05) is 0 Å². The third kappa shape index (κ3) is 4.71. The van der Waals surface area contributed by atoms with Crippen LogP contribution in [0, 0.1) is 0 Å².